The molecule has 2 heteroatoms. The first-order valence-electron chi connectivity index (χ1n) is 6.71. The second kappa shape index (κ2) is 6.60. The molecular weight excluding hydrogens is 224 g/mol. The van der Waals surface area contributed by atoms with Gasteiger partial charge in [0, 0.05) is 6.42 Å². The van der Waals surface area contributed by atoms with Gasteiger partial charge in [-0.15, -0.1) is 0 Å². The lowest BCUT2D eigenvalue weighted by atomic mass is 10.00. The summed E-state index contributed by atoms with van der Waals surface area (Å²) in [6, 6.07) is 10.3. The molecule has 0 N–H and O–H groups in total. The Bertz CT molecular complexity index is 370. The zero-order valence-corrected chi connectivity index (χ0v) is 11.2. The third kappa shape index (κ3) is 4.19. The molecule has 0 saturated carbocycles. The van der Waals surface area contributed by atoms with Gasteiger partial charge in [0.2, 0.25) is 0 Å². The molecule has 0 saturated heterocycles. The fourth-order valence-electron chi connectivity index (χ4n) is 2.22. The average Bonchev–Trinajstić information content (AvgIpc) is 2.37. The molecule has 0 spiro atoms. The second-order valence-corrected chi connectivity index (χ2v) is 5.29. The van der Waals surface area contributed by atoms with Crippen LogP contribution in [-0.4, -0.2) is 12.2 Å². The smallest absolute Gasteiger partial charge is 0.101 e. The normalized spacial score (nSPS) is 23.1. The van der Waals surface area contributed by atoms with E-state index in [-0.39, 0.29) is 6.10 Å². The predicted molar refractivity (Wildman–Crippen MR) is 73.1 cm³/mol. The summed E-state index contributed by atoms with van der Waals surface area (Å²) < 4.78 is 11.5. The Kier molecular flexibility index (Phi) is 4.82. The summed E-state index contributed by atoms with van der Waals surface area (Å²) in [5, 5.41) is 0. The van der Waals surface area contributed by atoms with Crippen LogP contribution in [0.1, 0.15) is 32.3 Å². The summed E-state index contributed by atoms with van der Waals surface area (Å²) in [4.78, 5) is 0. The molecule has 1 heterocycles. The van der Waals surface area contributed by atoms with Gasteiger partial charge in [0.1, 0.15) is 6.10 Å². The van der Waals surface area contributed by atoms with Gasteiger partial charge in [-0.05, 0) is 24.0 Å². The highest BCUT2D eigenvalue weighted by Crippen LogP contribution is 2.21. The quantitative estimate of drug-likeness (QED) is 0.784. The van der Waals surface area contributed by atoms with Crippen molar-refractivity contribution >= 4 is 0 Å². The maximum absolute atomic E-state index is 5.91. The molecule has 0 aliphatic carbocycles. The van der Waals surface area contributed by atoms with Gasteiger partial charge >= 0.3 is 0 Å². The van der Waals surface area contributed by atoms with Crippen LogP contribution >= 0.6 is 0 Å². The van der Waals surface area contributed by atoms with Gasteiger partial charge in [-0.3, -0.25) is 0 Å². The van der Waals surface area contributed by atoms with Gasteiger partial charge in [-0.1, -0.05) is 44.2 Å². The Balaban J connectivity index is 1.80. The Labute approximate surface area is 110 Å². The third-order valence-corrected chi connectivity index (χ3v) is 3.10. The van der Waals surface area contributed by atoms with Crippen molar-refractivity contribution in [3.63, 3.8) is 0 Å². The lowest BCUT2D eigenvalue weighted by Gasteiger charge is -2.26. The van der Waals surface area contributed by atoms with Crippen molar-refractivity contribution in [2.45, 2.75) is 45.5 Å². The van der Waals surface area contributed by atoms with Gasteiger partial charge in [-0.2, -0.15) is 0 Å². The van der Waals surface area contributed by atoms with E-state index in [1.807, 2.05) is 24.3 Å². The van der Waals surface area contributed by atoms with E-state index in [2.05, 4.69) is 26.0 Å². The molecule has 1 aromatic rings. The molecule has 2 rings (SSSR count). The lowest BCUT2D eigenvalue weighted by molar-refractivity contribution is 0.00137. The minimum atomic E-state index is 0.183. The molecule has 0 radical (unpaired) electrons. The maximum Gasteiger partial charge on any atom is 0.101 e. The summed E-state index contributed by atoms with van der Waals surface area (Å²) >= 11 is 0. The molecule has 18 heavy (non-hydrogen) atoms. The fraction of sp³-hybridized carbons (Fsp3) is 0.500. The van der Waals surface area contributed by atoms with Crippen LogP contribution in [0.3, 0.4) is 0 Å². The Morgan fingerprint density at radius 3 is 2.78 bits per heavy atom. The second-order valence-electron chi connectivity index (χ2n) is 5.29. The first kappa shape index (κ1) is 13.2. The SMILES string of the molecule is CC(C)C[C@@H]1C[C@@H](OCc2ccccc2)C=CO1. The minimum Gasteiger partial charge on any atom is -0.498 e. The Hall–Kier alpha value is -1.28. The van der Waals surface area contributed by atoms with Gasteiger partial charge in [0.25, 0.3) is 0 Å². The topological polar surface area (TPSA) is 18.5 Å². The first-order valence-corrected chi connectivity index (χ1v) is 6.71. The van der Waals surface area contributed by atoms with Gasteiger partial charge < -0.3 is 9.47 Å². The largest absolute Gasteiger partial charge is 0.498 e. The van der Waals surface area contributed by atoms with Crippen molar-refractivity contribution in [2.75, 3.05) is 0 Å². The molecule has 2 atom stereocenters. The molecular formula is C16H22O2. The van der Waals surface area contributed by atoms with E-state index < -0.39 is 0 Å². The van der Waals surface area contributed by atoms with E-state index in [4.69, 9.17) is 9.47 Å². The summed E-state index contributed by atoms with van der Waals surface area (Å²) in [7, 11) is 0. The molecule has 0 unspecified atom stereocenters. The zero-order valence-electron chi connectivity index (χ0n) is 11.2. The van der Waals surface area contributed by atoms with Crippen LogP contribution in [0, 0.1) is 5.92 Å². The van der Waals surface area contributed by atoms with Crippen LogP contribution in [0.15, 0.2) is 42.7 Å². The number of benzene rings is 1. The molecule has 98 valence electrons. The number of ether oxygens (including phenoxy) is 2. The van der Waals surface area contributed by atoms with Gasteiger partial charge in [0.15, 0.2) is 0 Å². The molecule has 0 bridgehead atoms. The number of rotatable bonds is 5. The Morgan fingerprint density at radius 1 is 1.28 bits per heavy atom. The van der Waals surface area contributed by atoms with Gasteiger partial charge in [0.05, 0.1) is 19.0 Å². The van der Waals surface area contributed by atoms with Crippen molar-refractivity contribution in [1.29, 1.82) is 0 Å². The van der Waals surface area contributed by atoms with Crippen LogP contribution < -0.4 is 0 Å². The first-order chi connectivity index (χ1) is 8.74. The maximum atomic E-state index is 5.91. The average molecular weight is 246 g/mol. The van der Waals surface area contributed by atoms with Crippen LogP contribution in [0.5, 0.6) is 0 Å². The minimum absolute atomic E-state index is 0.183. The van der Waals surface area contributed by atoms with Gasteiger partial charge in [-0.25, -0.2) is 0 Å². The molecule has 1 aromatic carbocycles. The lowest BCUT2D eigenvalue weighted by Crippen LogP contribution is -2.25. The van der Waals surface area contributed by atoms with Crippen LogP contribution in [0.2, 0.25) is 0 Å². The van der Waals surface area contributed by atoms with Crippen LogP contribution in [0.25, 0.3) is 0 Å². The number of hydrogen-bond acceptors (Lipinski definition) is 2. The van der Waals surface area contributed by atoms with Crippen molar-refractivity contribution < 1.29 is 9.47 Å². The van der Waals surface area contributed by atoms with Crippen LogP contribution in [-0.2, 0) is 16.1 Å². The van der Waals surface area contributed by atoms with Crippen molar-refractivity contribution in [1.82, 2.24) is 0 Å². The highest BCUT2D eigenvalue weighted by Gasteiger charge is 2.20. The van der Waals surface area contributed by atoms with E-state index in [0.717, 1.165) is 12.8 Å². The summed E-state index contributed by atoms with van der Waals surface area (Å²) in [6.45, 7) is 5.12. The summed E-state index contributed by atoms with van der Waals surface area (Å²) in [5.41, 5.74) is 1.22. The fourth-order valence-corrected chi connectivity index (χ4v) is 2.22. The Morgan fingerprint density at radius 2 is 2.06 bits per heavy atom. The van der Waals surface area contributed by atoms with E-state index in [0.29, 0.717) is 18.6 Å². The van der Waals surface area contributed by atoms with E-state index >= 15 is 0 Å². The molecule has 0 fully saturated rings. The van der Waals surface area contributed by atoms with E-state index in [9.17, 15) is 0 Å². The van der Waals surface area contributed by atoms with Crippen LogP contribution in [0.4, 0.5) is 0 Å². The molecule has 0 amide bonds. The van der Waals surface area contributed by atoms with E-state index in [1.165, 1.54) is 5.56 Å². The van der Waals surface area contributed by atoms with Crippen molar-refractivity contribution in [3.8, 4) is 0 Å². The molecule has 1 aliphatic heterocycles. The van der Waals surface area contributed by atoms with E-state index in [1.54, 1.807) is 6.26 Å². The number of hydrogen-bond donors (Lipinski definition) is 0. The summed E-state index contributed by atoms with van der Waals surface area (Å²) in [6.07, 6.45) is 6.35. The molecule has 2 nitrogen and oxygen atoms in total. The molecule has 0 aromatic heterocycles. The highest BCUT2D eigenvalue weighted by atomic mass is 16.5. The van der Waals surface area contributed by atoms with Crippen molar-refractivity contribution in [2.24, 2.45) is 5.92 Å². The predicted octanol–water partition coefficient (Wildman–Crippen LogP) is 3.92. The standard InChI is InChI=1S/C16H22O2/c1-13(2)10-16-11-15(8-9-17-16)18-12-14-6-4-3-5-7-14/h3-9,13,15-16H,10-12H2,1-2H3/t15-,16+/m0/s1. The monoisotopic (exact) mass is 246 g/mol. The molecule has 1 aliphatic rings. The zero-order chi connectivity index (χ0) is 12.8. The summed E-state index contributed by atoms with van der Waals surface area (Å²) in [5.74, 6) is 0.663. The van der Waals surface area contributed by atoms with Crippen molar-refractivity contribution in [3.05, 3.63) is 48.2 Å². The highest BCUT2D eigenvalue weighted by molar-refractivity contribution is 5.13. The third-order valence-electron chi connectivity index (χ3n) is 3.10.